The molecule has 9 aromatic carbocycles. The molecule has 0 amide bonds. The van der Waals surface area contributed by atoms with Gasteiger partial charge in [-0.1, -0.05) is 146 Å². The lowest BCUT2D eigenvalue weighted by Crippen LogP contribution is -1.91. The molecule has 218 valence electrons. The predicted octanol–water partition coefficient (Wildman–Crippen LogP) is 13.2. The van der Waals surface area contributed by atoms with Crippen molar-refractivity contribution in [3.8, 4) is 44.5 Å². The van der Waals surface area contributed by atoms with Gasteiger partial charge in [-0.15, -0.1) is 0 Å². The minimum Gasteiger partial charge on any atom is -0.455 e. The number of hydrogen-bond acceptors (Lipinski definition) is 1. The van der Waals surface area contributed by atoms with E-state index in [0.29, 0.717) is 0 Å². The Morgan fingerprint density at radius 2 is 0.872 bits per heavy atom. The SMILES string of the molecule is c1ccc(-c2cccc(-c3ccc4ccc5c(-c6c7ccccc7c(-c7ccccc7)c7ccccc67)ccc6oc3c4c65)c2)cc1. The lowest BCUT2D eigenvalue weighted by atomic mass is 9.84. The summed E-state index contributed by atoms with van der Waals surface area (Å²) in [5, 5.41) is 9.83. The van der Waals surface area contributed by atoms with Gasteiger partial charge < -0.3 is 4.42 Å². The third-order valence-corrected chi connectivity index (χ3v) is 9.83. The van der Waals surface area contributed by atoms with Crippen LogP contribution in [0.25, 0.3) is 98.8 Å². The molecule has 1 aromatic heterocycles. The van der Waals surface area contributed by atoms with E-state index in [0.717, 1.165) is 22.3 Å². The first kappa shape index (κ1) is 26.1. The zero-order chi connectivity index (χ0) is 30.9. The van der Waals surface area contributed by atoms with Crippen molar-refractivity contribution in [1.82, 2.24) is 0 Å². The molecular formula is C46H28O. The van der Waals surface area contributed by atoms with E-state index in [9.17, 15) is 0 Å². The van der Waals surface area contributed by atoms with Crippen LogP contribution in [0.4, 0.5) is 0 Å². The molecule has 47 heavy (non-hydrogen) atoms. The van der Waals surface area contributed by atoms with Crippen LogP contribution in [0.5, 0.6) is 0 Å². The third kappa shape index (κ3) is 3.90. The Hall–Kier alpha value is -6.18. The van der Waals surface area contributed by atoms with Gasteiger partial charge in [0.25, 0.3) is 0 Å². The van der Waals surface area contributed by atoms with Gasteiger partial charge in [0.1, 0.15) is 11.2 Å². The maximum absolute atomic E-state index is 6.79. The molecule has 0 aliphatic rings. The lowest BCUT2D eigenvalue weighted by Gasteiger charge is -2.18. The van der Waals surface area contributed by atoms with Crippen LogP contribution in [-0.2, 0) is 0 Å². The van der Waals surface area contributed by atoms with Crippen molar-refractivity contribution >= 4 is 54.3 Å². The quantitative estimate of drug-likeness (QED) is 0.145. The highest BCUT2D eigenvalue weighted by Crippen LogP contribution is 2.49. The summed E-state index contributed by atoms with van der Waals surface area (Å²) in [6.45, 7) is 0. The van der Waals surface area contributed by atoms with E-state index in [1.54, 1.807) is 0 Å². The Morgan fingerprint density at radius 3 is 1.57 bits per heavy atom. The Balaban J connectivity index is 1.25. The fourth-order valence-electron chi connectivity index (χ4n) is 7.78. The number of furan rings is 1. The Bertz CT molecular complexity index is 2710. The van der Waals surface area contributed by atoms with Crippen LogP contribution in [0.1, 0.15) is 0 Å². The summed E-state index contributed by atoms with van der Waals surface area (Å²) in [5.41, 5.74) is 11.6. The third-order valence-electron chi connectivity index (χ3n) is 9.83. The van der Waals surface area contributed by atoms with Crippen LogP contribution in [0.3, 0.4) is 0 Å². The summed E-state index contributed by atoms with van der Waals surface area (Å²) in [7, 11) is 0. The minimum absolute atomic E-state index is 0.922. The van der Waals surface area contributed by atoms with Gasteiger partial charge in [-0.05, 0) is 95.5 Å². The predicted molar refractivity (Wildman–Crippen MR) is 199 cm³/mol. The maximum atomic E-state index is 6.79. The number of hydrogen-bond donors (Lipinski definition) is 0. The molecule has 1 heterocycles. The molecule has 0 fully saturated rings. The van der Waals surface area contributed by atoms with E-state index in [4.69, 9.17) is 4.42 Å². The maximum Gasteiger partial charge on any atom is 0.143 e. The smallest absolute Gasteiger partial charge is 0.143 e. The summed E-state index contributed by atoms with van der Waals surface area (Å²) in [6.07, 6.45) is 0. The molecule has 0 spiro atoms. The highest BCUT2D eigenvalue weighted by Gasteiger charge is 2.22. The molecule has 10 rings (SSSR count). The summed E-state index contributed by atoms with van der Waals surface area (Å²) in [5.74, 6) is 0. The average molecular weight is 597 g/mol. The van der Waals surface area contributed by atoms with Gasteiger partial charge >= 0.3 is 0 Å². The number of fused-ring (bicyclic) bond motifs is 2. The lowest BCUT2D eigenvalue weighted by molar-refractivity contribution is 0.670. The second kappa shape index (κ2) is 10.2. The summed E-state index contributed by atoms with van der Waals surface area (Å²) >= 11 is 0. The van der Waals surface area contributed by atoms with E-state index in [2.05, 4.69) is 170 Å². The standard InChI is InChI=1S/C46H28O/c1-3-12-29(13-4-1)32-16-11-17-33(28-32)34-24-22-31-23-25-40-39(26-27-41-45(40)43(31)46(34)47-41)44-37-20-9-7-18-35(37)42(30-14-5-2-6-15-30)36-19-8-10-21-38(36)44/h1-28H. The van der Waals surface area contributed by atoms with Gasteiger partial charge in [0, 0.05) is 16.3 Å². The first-order valence-electron chi connectivity index (χ1n) is 16.2. The Kier molecular flexibility index (Phi) is 5.64. The average Bonchev–Trinajstić information content (AvgIpc) is 3.54. The first-order valence-corrected chi connectivity index (χ1v) is 16.2. The molecule has 0 N–H and O–H groups in total. The zero-order valence-electron chi connectivity index (χ0n) is 25.6. The van der Waals surface area contributed by atoms with Crippen molar-refractivity contribution in [1.29, 1.82) is 0 Å². The van der Waals surface area contributed by atoms with Crippen molar-refractivity contribution < 1.29 is 4.42 Å². The van der Waals surface area contributed by atoms with Gasteiger partial charge in [-0.2, -0.15) is 0 Å². The van der Waals surface area contributed by atoms with Crippen LogP contribution in [-0.4, -0.2) is 0 Å². The van der Waals surface area contributed by atoms with Gasteiger partial charge in [-0.25, -0.2) is 0 Å². The second-order valence-electron chi connectivity index (χ2n) is 12.4. The summed E-state index contributed by atoms with van der Waals surface area (Å²) < 4.78 is 6.79. The monoisotopic (exact) mass is 596 g/mol. The van der Waals surface area contributed by atoms with Crippen molar-refractivity contribution in [2.75, 3.05) is 0 Å². The molecule has 1 nitrogen and oxygen atoms in total. The minimum atomic E-state index is 0.922. The van der Waals surface area contributed by atoms with E-state index < -0.39 is 0 Å². The van der Waals surface area contributed by atoms with Gasteiger partial charge in [0.2, 0.25) is 0 Å². The van der Waals surface area contributed by atoms with Crippen LogP contribution in [0, 0.1) is 0 Å². The van der Waals surface area contributed by atoms with E-state index >= 15 is 0 Å². The topological polar surface area (TPSA) is 13.1 Å². The molecule has 0 aliphatic carbocycles. The zero-order valence-corrected chi connectivity index (χ0v) is 25.6. The van der Waals surface area contributed by atoms with Gasteiger partial charge in [-0.3, -0.25) is 0 Å². The molecule has 0 radical (unpaired) electrons. The number of benzene rings is 9. The normalized spacial score (nSPS) is 11.8. The summed E-state index contributed by atoms with van der Waals surface area (Å²) in [4.78, 5) is 0. The molecule has 0 unspecified atom stereocenters. The second-order valence-corrected chi connectivity index (χ2v) is 12.4. The van der Waals surface area contributed by atoms with Crippen molar-refractivity contribution in [3.05, 3.63) is 170 Å². The largest absolute Gasteiger partial charge is 0.455 e. The van der Waals surface area contributed by atoms with Crippen molar-refractivity contribution in [2.45, 2.75) is 0 Å². The van der Waals surface area contributed by atoms with E-state index in [-0.39, 0.29) is 0 Å². The van der Waals surface area contributed by atoms with E-state index in [1.807, 2.05) is 0 Å². The van der Waals surface area contributed by atoms with Gasteiger partial charge in [0.05, 0.1) is 0 Å². The molecule has 0 saturated carbocycles. The molecule has 0 saturated heterocycles. The molecule has 1 heteroatoms. The highest BCUT2D eigenvalue weighted by atomic mass is 16.3. The van der Waals surface area contributed by atoms with Crippen molar-refractivity contribution in [3.63, 3.8) is 0 Å². The van der Waals surface area contributed by atoms with Crippen molar-refractivity contribution in [2.24, 2.45) is 0 Å². The molecule has 0 bridgehead atoms. The molecular weight excluding hydrogens is 569 g/mol. The van der Waals surface area contributed by atoms with Crippen LogP contribution >= 0.6 is 0 Å². The summed E-state index contributed by atoms with van der Waals surface area (Å²) in [6, 6.07) is 61.3. The van der Waals surface area contributed by atoms with Gasteiger partial charge in [0.15, 0.2) is 0 Å². The molecule has 0 aliphatic heterocycles. The fraction of sp³-hybridized carbons (Fsp3) is 0. The highest BCUT2D eigenvalue weighted by molar-refractivity contribution is 6.29. The van der Waals surface area contributed by atoms with Crippen LogP contribution < -0.4 is 0 Å². The van der Waals surface area contributed by atoms with Crippen LogP contribution in [0.2, 0.25) is 0 Å². The Morgan fingerprint density at radius 1 is 0.319 bits per heavy atom. The first-order chi connectivity index (χ1) is 23.3. The molecule has 10 aromatic rings. The van der Waals surface area contributed by atoms with Crippen LogP contribution in [0.15, 0.2) is 174 Å². The van der Waals surface area contributed by atoms with E-state index in [1.165, 1.54) is 76.5 Å². The number of rotatable bonds is 4. The molecule has 0 atom stereocenters. The Labute approximate surface area is 272 Å². The fourth-order valence-corrected chi connectivity index (χ4v) is 7.78.